The van der Waals surface area contributed by atoms with Crippen molar-refractivity contribution in [3.8, 4) is 0 Å². The molecule has 1 heterocycles. The summed E-state index contributed by atoms with van der Waals surface area (Å²) in [5.74, 6) is 2.61. The maximum atomic E-state index is 4.39. The van der Waals surface area contributed by atoms with Crippen LogP contribution >= 0.6 is 24.0 Å². The van der Waals surface area contributed by atoms with Crippen LogP contribution in [0.1, 0.15) is 33.6 Å². The number of hydrogen-bond donors (Lipinski definition) is 1. The molecule has 0 radical (unpaired) electrons. The van der Waals surface area contributed by atoms with E-state index in [1.54, 1.807) is 0 Å². The molecule has 0 saturated carbocycles. The summed E-state index contributed by atoms with van der Waals surface area (Å²) in [6.45, 7) is 9.95. The molecule has 0 aromatic rings. The van der Waals surface area contributed by atoms with Gasteiger partial charge in [0.15, 0.2) is 5.96 Å². The first-order valence-corrected chi connectivity index (χ1v) is 6.74. The fraction of sp³-hybridized carbons (Fsp3) is 0.786. The number of aliphatic imine (C=N–C) groups is 1. The van der Waals surface area contributed by atoms with E-state index in [0.717, 1.165) is 43.9 Å². The second-order valence-electron chi connectivity index (χ2n) is 5.18. The van der Waals surface area contributed by atoms with Crippen molar-refractivity contribution in [2.75, 3.05) is 26.7 Å². The Morgan fingerprint density at radius 1 is 1.33 bits per heavy atom. The van der Waals surface area contributed by atoms with E-state index < -0.39 is 0 Å². The lowest BCUT2D eigenvalue weighted by molar-refractivity contribution is 0.208. The van der Waals surface area contributed by atoms with Crippen molar-refractivity contribution in [1.82, 2.24) is 10.2 Å². The number of nitrogens with one attached hydrogen (secondary N) is 1. The molecule has 0 bridgehead atoms. The minimum absolute atomic E-state index is 0. The van der Waals surface area contributed by atoms with Crippen LogP contribution in [0.15, 0.2) is 17.1 Å². The molecule has 0 amide bonds. The second-order valence-corrected chi connectivity index (χ2v) is 5.18. The number of guanidine groups is 1. The van der Waals surface area contributed by atoms with E-state index in [1.807, 2.05) is 7.05 Å². The third-order valence-electron chi connectivity index (χ3n) is 3.21. The zero-order valence-corrected chi connectivity index (χ0v) is 14.5. The Morgan fingerprint density at radius 2 is 1.94 bits per heavy atom. The molecule has 18 heavy (non-hydrogen) atoms. The van der Waals surface area contributed by atoms with Gasteiger partial charge < -0.3 is 10.2 Å². The first kappa shape index (κ1) is 17.7. The summed E-state index contributed by atoms with van der Waals surface area (Å²) in [4.78, 5) is 6.78. The molecule has 0 spiro atoms. The third kappa shape index (κ3) is 6.07. The van der Waals surface area contributed by atoms with E-state index >= 15 is 0 Å². The second kappa shape index (κ2) is 9.64. The molecule has 1 aliphatic rings. The van der Waals surface area contributed by atoms with Gasteiger partial charge in [0.1, 0.15) is 0 Å². The molecule has 1 saturated heterocycles. The molecule has 1 aliphatic heterocycles. The fourth-order valence-corrected chi connectivity index (χ4v) is 2.60. The van der Waals surface area contributed by atoms with Crippen molar-refractivity contribution in [3.05, 3.63) is 12.2 Å². The maximum absolute atomic E-state index is 4.39. The summed E-state index contributed by atoms with van der Waals surface area (Å²) in [5.41, 5.74) is 0. The Hall–Kier alpha value is -0.260. The van der Waals surface area contributed by atoms with Gasteiger partial charge in [-0.05, 0) is 31.6 Å². The predicted molar refractivity (Wildman–Crippen MR) is 90.7 cm³/mol. The molecule has 106 valence electrons. The van der Waals surface area contributed by atoms with Gasteiger partial charge in [-0.15, -0.1) is 24.0 Å². The lowest BCUT2D eigenvalue weighted by atomic mass is 9.92. The molecule has 0 aromatic carbocycles. The Kier molecular flexibility index (Phi) is 9.50. The minimum atomic E-state index is 0. The van der Waals surface area contributed by atoms with Gasteiger partial charge in [-0.1, -0.05) is 26.0 Å². The van der Waals surface area contributed by atoms with Crippen molar-refractivity contribution in [2.24, 2.45) is 16.8 Å². The lowest BCUT2D eigenvalue weighted by Crippen LogP contribution is -2.48. The molecular formula is C14H28IN3. The SMILES string of the molecule is CC=CCCNC(=NC)N1CC(C)CC(C)C1.I. The molecule has 0 aliphatic carbocycles. The number of hydrogen-bond acceptors (Lipinski definition) is 1. The molecule has 4 heteroatoms. The normalized spacial score (nSPS) is 25.1. The van der Waals surface area contributed by atoms with Gasteiger partial charge in [0.25, 0.3) is 0 Å². The maximum Gasteiger partial charge on any atom is 0.193 e. The van der Waals surface area contributed by atoms with E-state index in [4.69, 9.17) is 0 Å². The van der Waals surface area contributed by atoms with Crippen molar-refractivity contribution in [1.29, 1.82) is 0 Å². The van der Waals surface area contributed by atoms with Crippen LogP contribution in [0.4, 0.5) is 0 Å². The minimum Gasteiger partial charge on any atom is -0.356 e. The van der Waals surface area contributed by atoms with E-state index in [0.29, 0.717) is 0 Å². The zero-order valence-electron chi connectivity index (χ0n) is 12.1. The van der Waals surface area contributed by atoms with E-state index in [-0.39, 0.29) is 24.0 Å². The van der Waals surface area contributed by atoms with Crippen LogP contribution in [0, 0.1) is 11.8 Å². The number of nitrogens with zero attached hydrogens (tertiary/aromatic N) is 2. The summed E-state index contributed by atoms with van der Waals surface area (Å²) >= 11 is 0. The Bertz CT molecular complexity index is 266. The molecule has 1 rings (SSSR count). The molecule has 1 N–H and O–H groups in total. The van der Waals surface area contributed by atoms with Crippen LogP contribution in [0.5, 0.6) is 0 Å². The van der Waals surface area contributed by atoms with E-state index in [2.05, 4.69) is 48.1 Å². The van der Waals surface area contributed by atoms with Gasteiger partial charge in [-0.3, -0.25) is 4.99 Å². The van der Waals surface area contributed by atoms with E-state index in [9.17, 15) is 0 Å². The van der Waals surface area contributed by atoms with Crippen molar-refractivity contribution in [3.63, 3.8) is 0 Å². The smallest absolute Gasteiger partial charge is 0.193 e. The summed E-state index contributed by atoms with van der Waals surface area (Å²) < 4.78 is 0. The number of allylic oxidation sites excluding steroid dienone is 1. The number of likely N-dealkylation sites (tertiary alicyclic amines) is 1. The predicted octanol–water partition coefficient (Wildman–Crippen LogP) is 3.12. The Morgan fingerprint density at radius 3 is 2.44 bits per heavy atom. The highest BCUT2D eigenvalue weighted by Crippen LogP contribution is 2.20. The first-order chi connectivity index (χ1) is 8.17. The van der Waals surface area contributed by atoms with Gasteiger partial charge >= 0.3 is 0 Å². The molecule has 3 nitrogen and oxygen atoms in total. The van der Waals surface area contributed by atoms with Crippen LogP contribution < -0.4 is 5.32 Å². The lowest BCUT2D eigenvalue weighted by Gasteiger charge is -2.37. The summed E-state index contributed by atoms with van der Waals surface area (Å²) in [6.07, 6.45) is 6.68. The highest BCUT2D eigenvalue weighted by Gasteiger charge is 2.23. The van der Waals surface area contributed by atoms with Crippen molar-refractivity contribution in [2.45, 2.75) is 33.6 Å². The van der Waals surface area contributed by atoms with Crippen molar-refractivity contribution >= 4 is 29.9 Å². The average Bonchev–Trinajstić information content (AvgIpc) is 2.28. The van der Waals surface area contributed by atoms with Gasteiger partial charge in [0.2, 0.25) is 0 Å². The monoisotopic (exact) mass is 365 g/mol. The molecule has 0 aromatic heterocycles. The van der Waals surface area contributed by atoms with Gasteiger partial charge in [0.05, 0.1) is 0 Å². The number of piperidine rings is 1. The Balaban J connectivity index is 0.00000289. The highest BCUT2D eigenvalue weighted by molar-refractivity contribution is 14.0. The van der Waals surface area contributed by atoms with Gasteiger partial charge in [-0.2, -0.15) is 0 Å². The third-order valence-corrected chi connectivity index (χ3v) is 3.21. The van der Waals surface area contributed by atoms with Crippen LogP contribution in [-0.2, 0) is 0 Å². The summed E-state index contributed by atoms with van der Waals surface area (Å²) in [7, 11) is 1.88. The zero-order chi connectivity index (χ0) is 12.7. The first-order valence-electron chi connectivity index (χ1n) is 6.74. The summed E-state index contributed by atoms with van der Waals surface area (Å²) in [6, 6.07) is 0. The molecule has 1 fully saturated rings. The Labute approximate surface area is 129 Å². The quantitative estimate of drug-likeness (QED) is 0.274. The largest absolute Gasteiger partial charge is 0.356 e. The van der Waals surface area contributed by atoms with Crippen LogP contribution in [-0.4, -0.2) is 37.5 Å². The summed E-state index contributed by atoms with van der Waals surface area (Å²) in [5, 5.41) is 3.44. The molecular weight excluding hydrogens is 337 g/mol. The topological polar surface area (TPSA) is 27.6 Å². The van der Waals surface area contributed by atoms with E-state index in [1.165, 1.54) is 6.42 Å². The fourth-order valence-electron chi connectivity index (χ4n) is 2.60. The van der Waals surface area contributed by atoms with Crippen molar-refractivity contribution < 1.29 is 0 Å². The number of halogens is 1. The standard InChI is InChI=1S/C14H27N3.HI/c1-5-6-7-8-16-14(15-4)17-10-12(2)9-13(3)11-17;/h5-6,12-13H,7-11H2,1-4H3,(H,15,16);1H. The average molecular weight is 365 g/mol. The molecule has 2 unspecified atom stereocenters. The van der Waals surface area contributed by atoms with Crippen LogP contribution in [0.2, 0.25) is 0 Å². The van der Waals surface area contributed by atoms with Gasteiger partial charge in [0, 0.05) is 26.7 Å². The van der Waals surface area contributed by atoms with Crippen LogP contribution in [0.25, 0.3) is 0 Å². The van der Waals surface area contributed by atoms with Crippen LogP contribution in [0.3, 0.4) is 0 Å². The van der Waals surface area contributed by atoms with Gasteiger partial charge in [-0.25, -0.2) is 0 Å². The number of rotatable bonds is 3. The highest BCUT2D eigenvalue weighted by atomic mass is 127. The molecule has 2 atom stereocenters.